The van der Waals surface area contributed by atoms with E-state index in [-0.39, 0.29) is 17.8 Å². The molecular weight excluding hydrogens is 401 g/mol. The summed E-state index contributed by atoms with van der Waals surface area (Å²) in [5, 5.41) is 2.05. The fourth-order valence-electron chi connectivity index (χ4n) is 2.72. The van der Waals surface area contributed by atoms with E-state index in [4.69, 9.17) is 4.74 Å². The molecule has 132 valence electrons. The molecule has 0 unspecified atom stereocenters. The molecule has 0 bridgehead atoms. The number of fused-ring (bicyclic) bond motifs is 1. The van der Waals surface area contributed by atoms with E-state index in [2.05, 4.69) is 15.9 Å². The lowest BCUT2D eigenvalue weighted by molar-refractivity contribution is -0.155. The molecule has 0 aliphatic carbocycles. The fourth-order valence-corrected chi connectivity index (χ4v) is 3.10. The van der Waals surface area contributed by atoms with E-state index in [0.717, 1.165) is 5.56 Å². The van der Waals surface area contributed by atoms with E-state index in [1.807, 2.05) is 5.32 Å². The average molecular weight is 415 g/mol. The summed E-state index contributed by atoms with van der Waals surface area (Å²) >= 11 is 3.19. The van der Waals surface area contributed by atoms with E-state index < -0.39 is 18.2 Å². The molecule has 0 saturated heterocycles. The van der Waals surface area contributed by atoms with Gasteiger partial charge in [0.05, 0.1) is 19.3 Å². The third kappa shape index (κ3) is 3.58. The molecule has 1 heterocycles. The van der Waals surface area contributed by atoms with Crippen LogP contribution < -0.4 is 15.0 Å². The van der Waals surface area contributed by atoms with Crippen LogP contribution in [0.25, 0.3) is 0 Å². The molecular formula is C17H14BrF3N2O2. The summed E-state index contributed by atoms with van der Waals surface area (Å²) in [6, 6.07) is 8.70. The second-order valence-corrected chi connectivity index (χ2v) is 6.48. The lowest BCUT2D eigenvalue weighted by Gasteiger charge is -2.36. The highest BCUT2D eigenvalue weighted by Gasteiger charge is 2.47. The number of anilines is 1. The van der Waals surface area contributed by atoms with Gasteiger partial charge in [0, 0.05) is 10.0 Å². The topological polar surface area (TPSA) is 41.6 Å². The summed E-state index contributed by atoms with van der Waals surface area (Å²) in [6.07, 6.45) is -4.57. The van der Waals surface area contributed by atoms with Crippen molar-refractivity contribution in [2.24, 2.45) is 0 Å². The zero-order chi connectivity index (χ0) is 18.2. The smallest absolute Gasteiger partial charge is 0.413 e. The normalized spacial score (nSPS) is 17.1. The molecule has 0 fully saturated rings. The number of methoxy groups -OCH3 is 1. The first-order chi connectivity index (χ1) is 11.8. The maximum Gasteiger partial charge on any atom is 0.413 e. The van der Waals surface area contributed by atoms with Gasteiger partial charge in [0.15, 0.2) is 6.04 Å². The number of hydrogen-bond donors (Lipinski definition) is 1. The standard InChI is InChI=1S/C17H14BrF3N2O2/c1-25-12-5-2-10(3-6-12)9-23-14-7-4-11(18)8-13(14)15(17(19,20)21)22-16(23)24/h2-8,15H,9H2,1H3,(H,22,24)/t15-/m1/s1. The highest BCUT2D eigenvalue weighted by Crippen LogP contribution is 2.42. The Morgan fingerprint density at radius 3 is 2.48 bits per heavy atom. The van der Waals surface area contributed by atoms with Crippen LogP contribution in [-0.4, -0.2) is 19.3 Å². The summed E-state index contributed by atoms with van der Waals surface area (Å²) in [5.74, 6) is 0.660. The molecule has 0 aromatic heterocycles. The van der Waals surface area contributed by atoms with Crippen molar-refractivity contribution in [3.05, 3.63) is 58.1 Å². The molecule has 1 N–H and O–H groups in total. The van der Waals surface area contributed by atoms with Crippen molar-refractivity contribution < 1.29 is 22.7 Å². The summed E-state index contributed by atoms with van der Waals surface area (Å²) in [4.78, 5) is 13.6. The minimum atomic E-state index is -4.57. The number of rotatable bonds is 3. The molecule has 0 saturated carbocycles. The van der Waals surface area contributed by atoms with E-state index in [1.54, 1.807) is 37.4 Å². The van der Waals surface area contributed by atoms with Crippen molar-refractivity contribution in [1.29, 1.82) is 0 Å². The van der Waals surface area contributed by atoms with Crippen LogP contribution in [-0.2, 0) is 6.54 Å². The third-order valence-electron chi connectivity index (χ3n) is 3.93. The first-order valence-corrected chi connectivity index (χ1v) is 8.16. The van der Waals surface area contributed by atoms with Crippen LogP contribution in [0.1, 0.15) is 17.2 Å². The molecule has 1 atom stereocenters. The van der Waals surface area contributed by atoms with Gasteiger partial charge in [-0.15, -0.1) is 0 Å². The van der Waals surface area contributed by atoms with Crippen molar-refractivity contribution in [2.45, 2.75) is 18.8 Å². The van der Waals surface area contributed by atoms with E-state index >= 15 is 0 Å². The zero-order valence-electron chi connectivity index (χ0n) is 13.1. The van der Waals surface area contributed by atoms with Gasteiger partial charge in [0.1, 0.15) is 5.75 Å². The Bertz CT molecular complexity index is 793. The second kappa shape index (κ2) is 6.59. The minimum absolute atomic E-state index is 0.00925. The second-order valence-electron chi connectivity index (χ2n) is 5.56. The number of benzene rings is 2. The van der Waals surface area contributed by atoms with Gasteiger partial charge in [-0.25, -0.2) is 4.79 Å². The van der Waals surface area contributed by atoms with Crippen LogP contribution in [0.4, 0.5) is 23.7 Å². The highest BCUT2D eigenvalue weighted by molar-refractivity contribution is 9.10. The van der Waals surface area contributed by atoms with E-state index in [0.29, 0.717) is 10.2 Å². The zero-order valence-corrected chi connectivity index (χ0v) is 14.7. The fraction of sp³-hybridized carbons (Fsp3) is 0.235. The number of nitrogens with zero attached hydrogens (tertiary/aromatic N) is 1. The Morgan fingerprint density at radius 1 is 1.20 bits per heavy atom. The van der Waals surface area contributed by atoms with Crippen LogP contribution in [0, 0.1) is 0 Å². The number of urea groups is 1. The monoisotopic (exact) mass is 414 g/mol. The van der Waals surface area contributed by atoms with Gasteiger partial charge in [-0.3, -0.25) is 4.90 Å². The summed E-state index contributed by atoms with van der Waals surface area (Å²) < 4.78 is 45.5. The van der Waals surface area contributed by atoms with Crippen LogP contribution in [0.2, 0.25) is 0 Å². The third-order valence-corrected chi connectivity index (χ3v) is 4.42. The summed E-state index contributed by atoms with van der Waals surface area (Å²) in [5.41, 5.74) is 1.02. The number of nitrogens with one attached hydrogen (secondary N) is 1. The molecule has 3 rings (SSSR count). The van der Waals surface area contributed by atoms with Crippen molar-refractivity contribution in [1.82, 2.24) is 5.32 Å². The molecule has 8 heteroatoms. The van der Waals surface area contributed by atoms with Crippen LogP contribution >= 0.6 is 15.9 Å². The van der Waals surface area contributed by atoms with Crippen molar-refractivity contribution in [3.63, 3.8) is 0 Å². The van der Waals surface area contributed by atoms with E-state index in [9.17, 15) is 18.0 Å². The number of carbonyl (C=O) groups is 1. The lowest BCUT2D eigenvalue weighted by Crippen LogP contribution is -2.50. The van der Waals surface area contributed by atoms with Gasteiger partial charge in [-0.2, -0.15) is 13.2 Å². The quantitative estimate of drug-likeness (QED) is 0.784. The number of amides is 2. The number of hydrogen-bond acceptors (Lipinski definition) is 2. The van der Waals surface area contributed by atoms with Gasteiger partial charge >= 0.3 is 12.2 Å². The maximum atomic E-state index is 13.3. The average Bonchev–Trinajstić information content (AvgIpc) is 2.56. The molecule has 1 aliphatic rings. The summed E-state index contributed by atoms with van der Waals surface area (Å²) in [7, 11) is 1.54. The lowest BCUT2D eigenvalue weighted by atomic mass is 10.0. The van der Waals surface area contributed by atoms with Gasteiger partial charge in [-0.05, 0) is 35.9 Å². The molecule has 0 radical (unpaired) electrons. The Kier molecular flexibility index (Phi) is 4.64. The first kappa shape index (κ1) is 17.6. The maximum absolute atomic E-state index is 13.3. The van der Waals surface area contributed by atoms with Gasteiger partial charge in [-0.1, -0.05) is 28.1 Å². The van der Waals surface area contributed by atoms with Gasteiger partial charge < -0.3 is 10.1 Å². The number of ether oxygens (including phenoxy) is 1. The molecule has 2 aromatic rings. The number of halogens is 4. The van der Waals surface area contributed by atoms with Gasteiger partial charge in [0.25, 0.3) is 0 Å². The molecule has 25 heavy (non-hydrogen) atoms. The predicted octanol–water partition coefficient (Wildman–Crippen LogP) is 4.79. The minimum Gasteiger partial charge on any atom is -0.497 e. The highest BCUT2D eigenvalue weighted by atomic mass is 79.9. The first-order valence-electron chi connectivity index (χ1n) is 7.36. The van der Waals surface area contributed by atoms with Crippen LogP contribution in [0.15, 0.2) is 46.9 Å². The Hall–Kier alpha value is -2.22. The number of carbonyl (C=O) groups excluding carboxylic acids is 1. The Balaban J connectivity index is 1.98. The molecule has 4 nitrogen and oxygen atoms in total. The molecule has 2 aromatic carbocycles. The summed E-state index contributed by atoms with van der Waals surface area (Å²) in [6.45, 7) is 0.148. The number of alkyl halides is 3. The molecule has 1 aliphatic heterocycles. The van der Waals surface area contributed by atoms with Gasteiger partial charge in [0.2, 0.25) is 0 Å². The van der Waals surface area contributed by atoms with Crippen molar-refractivity contribution in [3.8, 4) is 5.75 Å². The molecule has 0 spiro atoms. The predicted molar refractivity (Wildman–Crippen MR) is 90.6 cm³/mol. The Labute approximate surface area is 150 Å². The van der Waals surface area contributed by atoms with Crippen molar-refractivity contribution >= 4 is 27.6 Å². The van der Waals surface area contributed by atoms with Crippen molar-refractivity contribution in [2.75, 3.05) is 12.0 Å². The van der Waals surface area contributed by atoms with Crippen LogP contribution in [0.3, 0.4) is 0 Å². The largest absolute Gasteiger partial charge is 0.497 e. The Morgan fingerprint density at radius 2 is 1.88 bits per heavy atom. The van der Waals surface area contributed by atoms with Crippen LogP contribution in [0.5, 0.6) is 5.75 Å². The molecule has 2 amide bonds. The SMILES string of the molecule is COc1ccc(CN2C(=O)N[C@@H](C(F)(F)F)c3cc(Br)ccc32)cc1. The van der Waals surface area contributed by atoms with E-state index in [1.165, 1.54) is 17.0 Å².